The van der Waals surface area contributed by atoms with Gasteiger partial charge < -0.3 is 14.1 Å². The van der Waals surface area contributed by atoms with Gasteiger partial charge in [-0.3, -0.25) is 19.5 Å². The number of carbonyl (C=O) groups is 1. The predicted molar refractivity (Wildman–Crippen MR) is 157 cm³/mol. The topological polar surface area (TPSA) is 120 Å². The summed E-state index contributed by atoms with van der Waals surface area (Å²) in [7, 11) is 3.86. The SMILES string of the molecule is CCOC(=O)C1=C(C)N=c2sc(=Cc3ccc(-c4cc([N+](=O)[O-])ccc4Cl)o3)c(=O)n2[C@@H]1c1ccc(N(C)C)cc1. The fraction of sp³-hybridized carbons (Fsp3) is 0.207. The molecular formula is C29H25ClN4O6S. The number of halogens is 1. The number of nitrogens with zero attached hydrogens (tertiary/aromatic N) is 4. The van der Waals surface area contributed by atoms with Gasteiger partial charge in [0.15, 0.2) is 4.80 Å². The highest BCUT2D eigenvalue weighted by Crippen LogP contribution is 2.33. The molecule has 2 aromatic heterocycles. The van der Waals surface area contributed by atoms with E-state index < -0.39 is 16.9 Å². The third kappa shape index (κ3) is 5.33. The number of esters is 1. The number of fused-ring (bicyclic) bond motifs is 1. The first kappa shape index (κ1) is 28.1. The highest BCUT2D eigenvalue weighted by atomic mass is 35.5. The number of hydrogen-bond acceptors (Lipinski definition) is 9. The summed E-state index contributed by atoms with van der Waals surface area (Å²) < 4.78 is 13.1. The van der Waals surface area contributed by atoms with Crippen molar-refractivity contribution in [1.29, 1.82) is 0 Å². The van der Waals surface area contributed by atoms with E-state index in [1.54, 1.807) is 32.1 Å². The van der Waals surface area contributed by atoms with Gasteiger partial charge >= 0.3 is 5.97 Å². The minimum atomic E-state index is -0.737. The zero-order valence-corrected chi connectivity index (χ0v) is 24.2. The number of hydrogen-bond donors (Lipinski definition) is 0. The van der Waals surface area contributed by atoms with Crippen LogP contribution in [0.5, 0.6) is 0 Å². The molecule has 210 valence electrons. The van der Waals surface area contributed by atoms with Crippen molar-refractivity contribution in [2.45, 2.75) is 19.9 Å². The fourth-order valence-electron chi connectivity index (χ4n) is 4.58. The second kappa shape index (κ2) is 11.2. The summed E-state index contributed by atoms with van der Waals surface area (Å²) in [6.07, 6.45) is 1.58. The second-order valence-corrected chi connectivity index (χ2v) is 10.8. The minimum absolute atomic E-state index is 0.123. The maximum absolute atomic E-state index is 13.8. The molecule has 0 fully saturated rings. The molecule has 0 radical (unpaired) electrons. The maximum atomic E-state index is 13.8. The van der Waals surface area contributed by atoms with Gasteiger partial charge in [0.1, 0.15) is 11.5 Å². The number of nitro benzene ring substituents is 1. The van der Waals surface area contributed by atoms with Crippen LogP contribution < -0.4 is 19.8 Å². The number of carbonyl (C=O) groups excluding carboxylic acids is 1. The van der Waals surface area contributed by atoms with E-state index in [0.717, 1.165) is 11.3 Å². The molecule has 0 aliphatic carbocycles. The van der Waals surface area contributed by atoms with Crippen molar-refractivity contribution in [3.05, 3.63) is 112 Å². The molecule has 41 heavy (non-hydrogen) atoms. The normalized spacial score (nSPS) is 15.0. The van der Waals surface area contributed by atoms with Gasteiger partial charge in [-0.05, 0) is 49.7 Å². The van der Waals surface area contributed by atoms with Gasteiger partial charge in [0.2, 0.25) is 0 Å². The number of non-ortho nitro benzene ring substituents is 1. The van der Waals surface area contributed by atoms with Crippen molar-refractivity contribution in [2.24, 2.45) is 4.99 Å². The number of thiazole rings is 1. The highest BCUT2D eigenvalue weighted by molar-refractivity contribution is 7.07. The van der Waals surface area contributed by atoms with E-state index >= 15 is 0 Å². The van der Waals surface area contributed by atoms with E-state index in [-0.39, 0.29) is 22.9 Å². The van der Waals surface area contributed by atoms with Crippen LogP contribution in [0.15, 0.2) is 80.1 Å². The van der Waals surface area contributed by atoms with Gasteiger partial charge in [-0.25, -0.2) is 9.79 Å². The van der Waals surface area contributed by atoms with E-state index in [4.69, 9.17) is 20.8 Å². The number of rotatable bonds is 7. The Bertz CT molecular complexity index is 1880. The van der Waals surface area contributed by atoms with Crippen LogP contribution in [0.4, 0.5) is 11.4 Å². The van der Waals surface area contributed by atoms with E-state index in [9.17, 15) is 19.7 Å². The summed E-state index contributed by atoms with van der Waals surface area (Å²) in [5, 5.41) is 11.5. The Morgan fingerprint density at radius 3 is 2.61 bits per heavy atom. The summed E-state index contributed by atoms with van der Waals surface area (Å²) in [4.78, 5) is 44.6. The molecule has 0 saturated heterocycles. The fourth-order valence-corrected chi connectivity index (χ4v) is 5.82. The predicted octanol–water partition coefficient (Wildman–Crippen LogP) is 4.69. The first-order chi connectivity index (χ1) is 19.6. The third-order valence-electron chi connectivity index (χ3n) is 6.57. The quantitative estimate of drug-likeness (QED) is 0.173. The van der Waals surface area contributed by atoms with E-state index in [1.807, 2.05) is 43.3 Å². The Morgan fingerprint density at radius 1 is 1.22 bits per heavy atom. The molecule has 0 saturated carbocycles. The largest absolute Gasteiger partial charge is 0.463 e. The maximum Gasteiger partial charge on any atom is 0.338 e. The number of allylic oxidation sites excluding steroid dienone is 1. The lowest BCUT2D eigenvalue weighted by Crippen LogP contribution is -2.39. The molecular weight excluding hydrogens is 568 g/mol. The Morgan fingerprint density at radius 2 is 1.95 bits per heavy atom. The molecule has 1 atom stereocenters. The molecule has 12 heteroatoms. The van der Waals surface area contributed by atoms with Gasteiger partial charge in [0.05, 0.1) is 38.4 Å². The average molecular weight is 593 g/mol. The van der Waals surface area contributed by atoms with Crippen molar-refractivity contribution < 1.29 is 18.9 Å². The Kier molecular flexibility index (Phi) is 7.65. The standard InChI is InChI=1S/C29H25ClN4O6S/c1-5-39-28(36)25-16(2)31-29-33(26(25)17-6-8-18(9-7-17)32(3)4)27(35)24(41-29)15-20-11-13-23(40-20)21-14-19(34(37)38)10-12-22(21)30/h6-15,26H,5H2,1-4H3/t26-/m1/s1. The van der Waals surface area contributed by atoms with Gasteiger partial charge in [-0.2, -0.15) is 0 Å². The number of benzene rings is 2. The molecule has 0 unspecified atom stereocenters. The molecule has 2 aromatic carbocycles. The smallest absolute Gasteiger partial charge is 0.338 e. The Balaban J connectivity index is 1.62. The molecule has 10 nitrogen and oxygen atoms in total. The van der Waals surface area contributed by atoms with Crippen LogP contribution in [0.3, 0.4) is 0 Å². The van der Waals surface area contributed by atoms with Crippen molar-refractivity contribution in [2.75, 3.05) is 25.6 Å². The van der Waals surface area contributed by atoms with Crippen LogP contribution >= 0.6 is 22.9 Å². The number of aromatic nitrogens is 1. The number of furan rings is 1. The lowest BCUT2D eigenvalue weighted by Gasteiger charge is -2.25. The van der Waals surface area contributed by atoms with Gasteiger partial charge in [0, 0.05) is 43.6 Å². The molecule has 0 bridgehead atoms. The summed E-state index contributed by atoms with van der Waals surface area (Å²) in [6.45, 7) is 3.64. The van der Waals surface area contributed by atoms with Crippen LogP contribution in [0.25, 0.3) is 17.4 Å². The van der Waals surface area contributed by atoms with Gasteiger partial charge in [-0.15, -0.1) is 0 Å². The Labute approximate surface area is 243 Å². The van der Waals surface area contributed by atoms with E-state index in [0.29, 0.717) is 37.7 Å². The molecule has 4 aromatic rings. The second-order valence-electron chi connectivity index (χ2n) is 9.41. The first-order valence-electron chi connectivity index (χ1n) is 12.6. The summed E-state index contributed by atoms with van der Waals surface area (Å²) in [6, 6.07) is 14.2. The zero-order chi connectivity index (χ0) is 29.4. The van der Waals surface area contributed by atoms with Gasteiger partial charge in [-0.1, -0.05) is 35.1 Å². The van der Waals surface area contributed by atoms with Crippen molar-refractivity contribution >= 4 is 46.4 Å². The minimum Gasteiger partial charge on any atom is -0.463 e. The van der Waals surface area contributed by atoms with Crippen LogP contribution in [-0.2, 0) is 9.53 Å². The average Bonchev–Trinajstić information content (AvgIpc) is 3.52. The molecule has 1 aliphatic rings. The monoisotopic (exact) mass is 592 g/mol. The van der Waals surface area contributed by atoms with Crippen molar-refractivity contribution in [3.8, 4) is 11.3 Å². The summed E-state index contributed by atoms with van der Waals surface area (Å²) in [5.41, 5.74) is 2.36. The number of nitro groups is 1. The van der Waals surface area contributed by atoms with E-state index in [1.165, 1.54) is 34.1 Å². The summed E-state index contributed by atoms with van der Waals surface area (Å²) >= 11 is 7.44. The van der Waals surface area contributed by atoms with Crippen LogP contribution in [0.2, 0.25) is 5.02 Å². The van der Waals surface area contributed by atoms with Crippen LogP contribution in [0, 0.1) is 10.1 Å². The van der Waals surface area contributed by atoms with Crippen molar-refractivity contribution in [1.82, 2.24) is 4.57 Å². The van der Waals surface area contributed by atoms with Crippen LogP contribution in [-0.4, -0.2) is 36.2 Å². The van der Waals surface area contributed by atoms with E-state index in [2.05, 4.69) is 4.99 Å². The Hall–Kier alpha value is -4.48. The first-order valence-corrected chi connectivity index (χ1v) is 13.8. The molecule has 0 amide bonds. The van der Waals surface area contributed by atoms with Crippen molar-refractivity contribution in [3.63, 3.8) is 0 Å². The molecule has 0 N–H and O–H groups in total. The zero-order valence-electron chi connectivity index (χ0n) is 22.6. The lowest BCUT2D eigenvalue weighted by atomic mass is 9.95. The molecule has 1 aliphatic heterocycles. The summed E-state index contributed by atoms with van der Waals surface area (Å²) in [5.74, 6) is 0.132. The lowest BCUT2D eigenvalue weighted by molar-refractivity contribution is -0.384. The third-order valence-corrected chi connectivity index (χ3v) is 7.88. The number of ether oxygens (including phenoxy) is 1. The van der Waals surface area contributed by atoms with Gasteiger partial charge in [0.25, 0.3) is 11.2 Å². The molecule has 5 rings (SSSR count). The molecule has 0 spiro atoms. The number of anilines is 1. The van der Waals surface area contributed by atoms with Crippen LogP contribution in [0.1, 0.15) is 31.2 Å². The molecule has 3 heterocycles. The highest BCUT2D eigenvalue weighted by Gasteiger charge is 2.33.